The summed E-state index contributed by atoms with van der Waals surface area (Å²) in [5.41, 5.74) is 0.597. The highest BCUT2D eigenvalue weighted by Crippen LogP contribution is 2.19. The van der Waals surface area contributed by atoms with Gasteiger partial charge >= 0.3 is 0 Å². The van der Waals surface area contributed by atoms with E-state index in [9.17, 15) is 9.59 Å². The fraction of sp³-hybridized carbons (Fsp3) is 0.556. The molecule has 1 saturated heterocycles. The van der Waals surface area contributed by atoms with Gasteiger partial charge in [0, 0.05) is 0 Å². The van der Waals surface area contributed by atoms with E-state index in [1.165, 1.54) is 4.90 Å². The fourth-order valence-electron chi connectivity index (χ4n) is 3.04. The molecular formula is C18H29ClN4O2+2. The van der Waals surface area contributed by atoms with Crippen molar-refractivity contribution in [3.05, 3.63) is 29.3 Å². The first-order chi connectivity index (χ1) is 11.9. The predicted octanol–water partition coefficient (Wildman–Crippen LogP) is -1.07. The number of nitrogens with zero attached hydrogens (tertiary/aromatic N) is 1. The molecule has 138 valence electrons. The van der Waals surface area contributed by atoms with E-state index in [0.717, 1.165) is 37.6 Å². The van der Waals surface area contributed by atoms with Gasteiger partial charge < -0.3 is 20.0 Å². The topological polar surface area (TPSA) is 58.3 Å². The first-order valence-electron chi connectivity index (χ1n) is 8.91. The van der Waals surface area contributed by atoms with Crippen LogP contribution in [0.4, 0.5) is 5.69 Å². The van der Waals surface area contributed by atoms with Gasteiger partial charge in [-0.3, -0.25) is 9.59 Å². The van der Waals surface area contributed by atoms with E-state index in [1.54, 1.807) is 12.1 Å². The molecule has 1 heterocycles. The van der Waals surface area contributed by atoms with Gasteiger partial charge in [-0.1, -0.05) is 23.7 Å². The molecule has 25 heavy (non-hydrogen) atoms. The Hall–Kier alpha value is -1.63. The molecule has 2 rings (SSSR count). The second-order valence-electron chi connectivity index (χ2n) is 6.70. The van der Waals surface area contributed by atoms with Crippen molar-refractivity contribution < 1.29 is 19.4 Å². The first kappa shape index (κ1) is 19.7. The Kier molecular flexibility index (Phi) is 7.23. The van der Waals surface area contributed by atoms with Crippen molar-refractivity contribution in [1.82, 2.24) is 4.90 Å². The van der Waals surface area contributed by atoms with Crippen molar-refractivity contribution in [1.29, 1.82) is 0 Å². The summed E-state index contributed by atoms with van der Waals surface area (Å²) >= 11 is 6.06. The second-order valence-corrected chi connectivity index (χ2v) is 7.11. The van der Waals surface area contributed by atoms with E-state index in [2.05, 4.69) is 12.2 Å². The highest BCUT2D eigenvalue weighted by Gasteiger charge is 2.31. The van der Waals surface area contributed by atoms with Crippen molar-refractivity contribution in [3.63, 3.8) is 0 Å². The van der Waals surface area contributed by atoms with Crippen LogP contribution in [0.2, 0.25) is 5.02 Å². The lowest BCUT2D eigenvalue weighted by Crippen LogP contribution is -3.16. The number of piperazine rings is 1. The summed E-state index contributed by atoms with van der Waals surface area (Å²) in [7, 11) is 1.88. The van der Waals surface area contributed by atoms with Crippen LogP contribution in [0.5, 0.6) is 0 Å². The maximum atomic E-state index is 12.7. The predicted molar refractivity (Wildman–Crippen MR) is 99.1 cm³/mol. The average Bonchev–Trinajstić information content (AvgIpc) is 2.62. The van der Waals surface area contributed by atoms with E-state index in [4.69, 9.17) is 11.6 Å². The number of hydrogen-bond donors (Lipinski definition) is 3. The van der Waals surface area contributed by atoms with Gasteiger partial charge in [0.05, 0.1) is 50.5 Å². The van der Waals surface area contributed by atoms with Crippen LogP contribution in [-0.2, 0) is 9.59 Å². The van der Waals surface area contributed by atoms with Gasteiger partial charge in [-0.05, 0) is 26.0 Å². The van der Waals surface area contributed by atoms with Gasteiger partial charge in [-0.25, -0.2) is 0 Å². The minimum Gasteiger partial charge on any atom is -0.332 e. The number of halogens is 1. The third-order valence-electron chi connectivity index (χ3n) is 4.98. The molecule has 2 amide bonds. The molecule has 1 aromatic rings. The molecule has 1 fully saturated rings. The Morgan fingerprint density at radius 2 is 1.96 bits per heavy atom. The van der Waals surface area contributed by atoms with Crippen LogP contribution in [-0.4, -0.2) is 69.1 Å². The quantitative estimate of drug-likeness (QED) is 0.599. The minimum absolute atomic E-state index is 0.123. The molecule has 0 radical (unpaired) electrons. The van der Waals surface area contributed by atoms with Gasteiger partial charge in [0.25, 0.3) is 11.8 Å². The number of para-hydroxylation sites is 1. The van der Waals surface area contributed by atoms with E-state index in [0.29, 0.717) is 10.7 Å². The number of quaternary nitrogens is 2. The van der Waals surface area contributed by atoms with Crippen molar-refractivity contribution in [2.24, 2.45) is 0 Å². The van der Waals surface area contributed by atoms with Gasteiger partial charge in [-0.15, -0.1) is 0 Å². The van der Waals surface area contributed by atoms with Crippen molar-refractivity contribution in [2.75, 3.05) is 51.6 Å². The largest absolute Gasteiger partial charge is 0.332 e. The number of hydrogen-bond acceptors (Lipinski definition) is 2. The van der Waals surface area contributed by atoms with Gasteiger partial charge in [0.15, 0.2) is 12.6 Å². The molecule has 1 aliphatic rings. The first-order valence-corrected chi connectivity index (χ1v) is 9.29. The molecule has 6 nitrogen and oxygen atoms in total. The standard InChI is InChI=1S/C18H27ClN4O2/c1-4-22-9-11-23(12-10-22)18(25)14(2)21(3)13-17(24)20-16-8-6-5-7-15(16)19/h5-8,14H,4,9-13H2,1-3H3,(H,20,24)/p+2/t14-/m1/s1. The van der Waals surface area contributed by atoms with Crippen LogP contribution in [0.3, 0.4) is 0 Å². The van der Waals surface area contributed by atoms with E-state index in [-0.39, 0.29) is 24.4 Å². The van der Waals surface area contributed by atoms with Crippen LogP contribution >= 0.6 is 11.6 Å². The molecule has 0 aliphatic carbocycles. The Bertz CT molecular complexity index is 602. The van der Waals surface area contributed by atoms with Crippen LogP contribution in [0, 0.1) is 0 Å². The molecule has 2 atom stereocenters. The summed E-state index contributed by atoms with van der Waals surface area (Å²) in [6.07, 6.45) is 0. The van der Waals surface area contributed by atoms with Crippen molar-refractivity contribution in [3.8, 4) is 0 Å². The third kappa shape index (κ3) is 5.42. The monoisotopic (exact) mass is 368 g/mol. The molecule has 1 unspecified atom stereocenters. The molecule has 0 spiro atoms. The molecule has 1 aliphatic heterocycles. The summed E-state index contributed by atoms with van der Waals surface area (Å²) < 4.78 is 0. The number of likely N-dealkylation sites (N-methyl/N-ethyl adjacent to an activating group) is 2. The summed E-state index contributed by atoms with van der Waals surface area (Å²) in [5, 5.41) is 3.32. The average molecular weight is 369 g/mol. The zero-order chi connectivity index (χ0) is 18.4. The summed E-state index contributed by atoms with van der Waals surface area (Å²) in [5.74, 6) is -0.0244. The molecule has 0 saturated carbocycles. The fourth-order valence-corrected chi connectivity index (χ4v) is 3.23. The van der Waals surface area contributed by atoms with E-state index < -0.39 is 0 Å². The smallest absolute Gasteiger partial charge is 0.280 e. The van der Waals surface area contributed by atoms with Crippen LogP contribution < -0.4 is 15.1 Å². The highest BCUT2D eigenvalue weighted by molar-refractivity contribution is 6.33. The minimum atomic E-state index is -0.250. The SMILES string of the molecule is CC[NH+]1CCN(C(=O)[C@@H](C)[NH+](C)CC(=O)Nc2ccccc2Cl)CC1. The number of carbonyl (C=O) groups excluding carboxylic acids is 2. The Morgan fingerprint density at radius 3 is 2.56 bits per heavy atom. The number of anilines is 1. The van der Waals surface area contributed by atoms with E-state index >= 15 is 0 Å². The van der Waals surface area contributed by atoms with Crippen LogP contribution in [0.1, 0.15) is 13.8 Å². The summed E-state index contributed by atoms with van der Waals surface area (Å²) in [4.78, 5) is 29.3. The lowest BCUT2D eigenvalue weighted by molar-refractivity contribution is -0.903. The summed E-state index contributed by atoms with van der Waals surface area (Å²) in [6, 6.07) is 6.88. The number of carbonyl (C=O) groups is 2. The number of nitrogens with one attached hydrogen (secondary N) is 3. The third-order valence-corrected chi connectivity index (χ3v) is 5.31. The zero-order valence-electron chi connectivity index (χ0n) is 15.3. The Labute approximate surface area is 154 Å². The number of amides is 2. The van der Waals surface area contributed by atoms with Crippen molar-refractivity contribution >= 4 is 29.1 Å². The molecule has 7 heteroatoms. The lowest BCUT2D eigenvalue weighted by Gasteiger charge is -2.33. The van der Waals surface area contributed by atoms with Gasteiger partial charge in [0.2, 0.25) is 0 Å². The van der Waals surface area contributed by atoms with Crippen LogP contribution in [0.15, 0.2) is 24.3 Å². The lowest BCUT2D eigenvalue weighted by atomic mass is 10.2. The van der Waals surface area contributed by atoms with E-state index in [1.807, 2.05) is 31.0 Å². The normalized spacial score (nSPS) is 17.8. The molecule has 0 bridgehead atoms. The maximum absolute atomic E-state index is 12.7. The summed E-state index contributed by atoms with van der Waals surface area (Å²) in [6.45, 7) is 8.98. The molecule has 0 aromatic heterocycles. The van der Waals surface area contributed by atoms with Crippen LogP contribution in [0.25, 0.3) is 0 Å². The Balaban J connectivity index is 1.85. The van der Waals surface area contributed by atoms with Gasteiger partial charge in [-0.2, -0.15) is 0 Å². The maximum Gasteiger partial charge on any atom is 0.280 e. The van der Waals surface area contributed by atoms with Gasteiger partial charge in [0.1, 0.15) is 0 Å². The molecular weight excluding hydrogens is 340 g/mol. The highest BCUT2D eigenvalue weighted by atomic mass is 35.5. The number of rotatable bonds is 6. The van der Waals surface area contributed by atoms with Crippen molar-refractivity contribution in [2.45, 2.75) is 19.9 Å². The molecule has 1 aromatic carbocycles. The second kappa shape index (κ2) is 9.17. The zero-order valence-corrected chi connectivity index (χ0v) is 16.0. The Morgan fingerprint density at radius 1 is 1.32 bits per heavy atom. The molecule has 3 N–H and O–H groups in total. The number of benzene rings is 1.